The summed E-state index contributed by atoms with van der Waals surface area (Å²) in [5.74, 6) is 0.0407. The Morgan fingerprint density at radius 1 is 1.57 bits per heavy atom. The van der Waals surface area contributed by atoms with Gasteiger partial charge in [-0.3, -0.25) is 4.79 Å². The molecule has 82 valence electrons. The molecule has 0 aromatic heterocycles. The predicted molar refractivity (Wildman–Crippen MR) is 54.6 cm³/mol. The molecule has 4 nitrogen and oxygen atoms in total. The van der Waals surface area contributed by atoms with Gasteiger partial charge in [-0.2, -0.15) is 0 Å². The molecule has 1 atom stereocenters. The Balaban J connectivity index is 2.28. The molecule has 0 saturated heterocycles. The summed E-state index contributed by atoms with van der Waals surface area (Å²) >= 11 is 0. The second-order valence-electron chi connectivity index (χ2n) is 4.65. The summed E-state index contributed by atoms with van der Waals surface area (Å²) in [6.45, 7) is 4.55. The lowest BCUT2D eigenvalue weighted by molar-refractivity contribution is -0.123. The molecular formula is C10H20N2O2. The van der Waals surface area contributed by atoms with Crippen LogP contribution in [0.4, 0.5) is 0 Å². The third-order valence-electron chi connectivity index (χ3n) is 2.95. The number of nitrogens with one attached hydrogen (secondary N) is 1. The molecule has 1 amide bonds. The Morgan fingerprint density at radius 2 is 2.14 bits per heavy atom. The minimum absolute atomic E-state index is 0.0354. The topological polar surface area (TPSA) is 75.4 Å². The molecule has 0 aromatic rings. The molecule has 1 rings (SSSR count). The van der Waals surface area contributed by atoms with E-state index in [1.807, 2.05) is 13.8 Å². The fourth-order valence-corrected chi connectivity index (χ4v) is 1.26. The number of amides is 1. The van der Waals surface area contributed by atoms with Gasteiger partial charge in [0, 0.05) is 12.0 Å². The van der Waals surface area contributed by atoms with Gasteiger partial charge in [-0.1, -0.05) is 13.8 Å². The van der Waals surface area contributed by atoms with Crippen molar-refractivity contribution in [1.29, 1.82) is 0 Å². The highest BCUT2D eigenvalue weighted by molar-refractivity contribution is 5.81. The third kappa shape index (κ3) is 2.69. The lowest BCUT2D eigenvalue weighted by Crippen LogP contribution is -2.46. The Morgan fingerprint density at radius 3 is 2.50 bits per heavy atom. The van der Waals surface area contributed by atoms with Crippen LogP contribution in [0.2, 0.25) is 0 Å². The number of hydrogen-bond donors (Lipinski definition) is 3. The molecule has 14 heavy (non-hydrogen) atoms. The van der Waals surface area contributed by atoms with Crippen LogP contribution in [0.15, 0.2) is 0 Å². The third-order valence-corrected chi connectivity index (χ3v) is 2.95. The predicted octanol–water partition coefficient (Wildman–Crippen LogP) is -0.142. The molecular weight excluding hydrogens is 180 g/mol. The zero-order valence-electron chi connectivity index (χ0n) is 8.92. The van der Waals surface area contributed by atoms with Gasteiger partial charge in [-0.15, -0.1) is 0 Å². The maximum absolute atomic E-state index is 11.5. The van der Waals surface area contributed by atoms with Gasteiger partial charge in [0.2, 0.25) is 5.91 Å². The van der Waals surface area contributed by atoms with Crippen LogP contribution >= 0.6 is 0 Å². The highest BCUT2D eigenvalue weighted by atomic mass is 16.3. The van der Waals surface area contributed by atoms with Crippen LogP contribution < -0.4 is 11.1 Å². The summed E-state index contributed by atoms with van der Waals surface area (Å²) in [6.07, 6.45) is 2.00. The Kier molecular flexibility index (Phi) is 3.50. The first-order valence-electron chi connectivity index (χ1n) is 5.15. The lowest BCUT2D eigenvalue weighted by Gasteiger charge is -2.18. The molecule has 0 aliphatic heterocycles. The largest absolute Gasteiger partial charge is 0.396 e. The summed E-state index contributed by atoms with van der Waals surface area (Å²) < 4.78 is 0. The van der Waals surface area contributed by atoms with E-state index in [4.69, 9.17) is 10.8 Å². The lowest BCUT2D eigenvalue weighted by atomic mass is 10.0. The van der Waals surface area contributed by atoms with Crippen LogP contribution in [0, 0.1) is 11.3 Å². The summed E-state index contributed by atoms with van der Waals surface area (Å²) in [4.78, 5) is 11.5. The maximum atomic E-state index is 11.5. The quantitative estimate of drug-likeness (QED) is 0.578. The number of aliphatic hydroxyl groups excluding tert-OH is 1. The molecule has 0 spiro atoms. The van der Waals surface area contributed by atoms with Gasteiger partial charge in [0.1, 0.15) is 0 Å². The van der Waals surface area contributed by atoms with Crippen molar-refractivity contribution >= 4 is 5.91 Å². The second kappa shape index (κ2) is 4.28. The van der Waals surface area contributed by atoms with Crippen molar-refractivity contribution in [2.45, 2.75) is 32.7 Å². The van der Waals surface area contributed by atoms with Gasteiger partial charge in [0.15, 0.2) is 0 Å². The van der Waals surface area contributed by atoms with Crippen molar-refractivity contribution in [3.05, 3.63) is 0 Å². The number of carbonyl (C=O) groups excluding carboxylic acids is 1. The summed E-state index contributed by atoms with van der Waals surface area (Å²) in [5, 5.41) is 11.8. The van der Waals surface area contributed by atoms with Crippen LogP contribution in [0.5, 0.6) is 0 Å². The van der Waals surface area contributed by atoms with Gasteiger partial charge < -0.3 is 16.2 Å². The number of nitrogens with two attached hydrogens (primary N) is 1. The van der Waals surface area contributed by atoms with Crippen molar-refractivity contribution in [3.8, 4) is 0 Å². The van der Waals surface area contributed by atoms with E-state index in [2.05, 4.69) is 5.32 Å². The van der Waals surface area contributed by atoms with Crippen LogP contribution in [-0.4, -0.2) is 30.2 Å². The van der Waals surface area contributed by atoms with Crippen molar-refractivity contribution in [2.75, 3.05) is 13.2 Å². The van der Waals surface area contributed by atoms with E-state index in [1.54, 1.807) is 0 Å². The van der Waals surface area contributed by atoms with E-state index in [0.29, 0.717) is 6.54 Å². The van der Waals surface area contributed by atoms with Gasteiger partial charge in [-0.25, -0.2) is 0 Å². The average molecular weight is 200 g/mol. The number of hydrogen-bond acceptors (Lipinski definition) is 3. The molecule has 4 N–H and O–H groups in total. The summed E-state index contributed by atoms with van der Waals surface area (Å²) in [6, 6.07) is -0.440. The SMILES string of the molecule is CC(C)[C@H](N)C(=O)NCC1(CO)CC1. The van der Waals surface area contributed by atoms with E-state index in [-0.39, 0.29) is 23.8 Å². The smallest absolute Gasteiger partial charge is 0.237 e. The molecule has 0 unspecified atom stereocenters. The van der Waals surface area contributed by atoms with Gasteiger partial charge >= 0.3 is 0 Å². The summed E-state index contributed by atoms with van der Waals surface area (Å²) in [5.41, 5.74) is 5.64. The fourth-order valence-electron chi connectivity index (χ4n) is 1.26. The van der Waals surface area contributed by atoms with Crippen molar-refractivity contribution in [3.63, 3.8) is 0 Å². The first-order chi connectivity index (χ1) is 6.51. The Hall–Kier alpha value is -0.610. The van der Waals surface area contributed by atoms with Gasteiger partial charge in [0.05, 0.1) is 12.6 Å². The van der Waals surface area contributed by atoms with Crippen molar-refractivity contribution < 1.29 is 9.90 Å². The van der Waals surface area contributed by atoms with Crippen LogP contribution in [0.1, 0.15) is 26.7 Å². The van der Waals surface area contributed by atoms with E-state index >= 15 is 0 Å². The Labute approximate surface area is 84.9 Å². The van der Waals surface area contributed by atoms with Crippen LogP contribution in [0.25, 0.3) is 0 Å². The van der Waals surface area contributed by atoms with Gasteiger partial charge in [-0.05, 0) is 18.8 Å². The zero-order chi connectivity index (χ0) is 10.8. The van der Waals surface area contributed by atoms with Crippen molar-refractivity contribution in [2.24, 2.45) is 17.1 Å². The van der Waals surface area contributed by atoms with E-state index in [0.717, 1.165) is 12.8 Å². The molecule has 0 aromatic carbocycles. The first-order valence-corrected chi connectivity index (χ1v) is 5.15. The normalized spacial score (nSPS) is 20.6. The number of rotatable bonds is 5. The highest BCUT2D eigenvalue weighted by Gasteiger charge is 2.42. The van der Waals surface area contributed by atoms with Crippen LogP contribution in [-0.2, 0) is 4.79 Å². The summed E-state index contributed by atoms with van der Waals surface area (Å²) in [7, 11) is 0. The van der Waals surface area contributed by atoms with E-state index < -0.39 is 6.04 Å². The zero-order valence-corrected chi connectivity index (χ0v) is 8.92. The van der Waals surface area contributed by atoms with E-state index in [1.165, 1.54) is 0 Å². The molecule has 1 aliphatic carbocycles. The molecule has 0 heterocycles. The standard InChI is InChI=1S/C10H20N2O2/c1-7(2)8(11)9(14)12-5-10(6-13)3-4-10/h7-8,13H,3-6,11H2,1-2H3,(H,12,14)/t8-/m0/s1. The second-order valence-corrected chi connectivity index (χ2v) is 4.65. The monoisotopic (exact) mass is 200 g/mol. The molecule has 0 radical (unpaired) electrons. The molecule has 1 aliphatic rings. The van der Waals surface area contributed by atoms with Crippen molar-refractivity contribution in [1.82, 2.24) is 5.32 Å². The Bertz CT molecular complexity index is 212. The average Bonchev–Trinajstić information content (AvgIpc) is 2.93. The molecule has 4 heteroatoms. The minimum Gasteiger partial charge on any atom is -0.396 e. The number of carbonyl (C=O) groups is 1. The highest BCUT2D eigenvalue weighted by Crippen LogP contribution is 2.44. The van der Waals surface area contributed by atoms with Gasteiger partial charge in [0.25, 0.3) is 0 Å². The maximum Gasteiger partial charge on any atom is 0.237 e. The molecule has 1 fully saturated rings. The molecule has 1 saturated carbocycles. The molecule has 0 bridgehead atoms. The first kappa shape index (κ1) is 11.5. The van der Waals surface area contributed by atoms with Crippen LogP contribution in [0.3, 0.4) is 0 Å². The van der Waals surface area contributed by atoms with E-state index in [9.17, 15) is 4.79 Å². The number of aliphatic hydroxyl groups is 1. The fraction of sp³-hybridized carbons (Fsp3) is 0.900. The minimum atomic E-state index is -0.440.